The number of carboxylic acid groups (broad SMARTS) is 1. The molecule has 0 radical (unpaired) electrons. The van der Waals surface area contributed by atoms with Crippen molar-refractivity contribution < 1.29 is 18.3 Å². The molecule has 3 aromatic rings. The lowest BCUT2D eigenvalue weighted by Gasteiger charge is -2.05. The zero-order valence-corrected chi connectivity index (χ0v) is 15.7. The second kappa shape index (κ2) is 6.89. The molecular formula is C20H18N2O4S. The Morgan fingerprint density at radius 1 is 1.22 bits per heavy atom. The number of carbonyl (C=O) groups is 1. The number of sulfone groups is 1. The molecule has 0 amide bonds. The van der Waals surface area contributed by atoms with E-state index in [-0.39, 0.29) is 11.3 Å². The third-order valence-corrected chi connectivity index (χ3v) is 5.75. The van der Waals surface area contributed by atoms with Crippen LogP contribution >= 0.6 is 0 Å². The van der Waals surface area contributed by atoms with Gasteiger partial charge in [0.25, 0.3) is 0 Å². The van der Waals surface area contributed by atoms with E-state index in [0.717, 1.165) is 28.5 Å². The van der Waals surface area contributed by atoms with Crippen LogP contribution in [0.2, 0.25) is 0 Å². The van der Waals surface area contributed by atoms with Crippen molar-refractivity contribution in [3.63, 3.8) is 0 Å². The Balaban J connectivity index is 2.11. The van der Waals surface area contributed by atoms with Crippen LogP contribution in [0.5, 0.6) is 0 Å². The van der Waals surface area contributed by atoms with Gasteiger partial charge in [-0.2, -0.15) is 5.26 Å². The molecule has 0 bridgehead atoms. The van der Waals surface area contributed by atoms with Crippen LogP contribution in [0.15, 0.2) is 47.5 Å². The van der Waals surface area contributed by atoms with Crippen LogP contribution < -0.4 is 0 Å². The first-order valence-electron chi connectivity index (χ1n) is 8.24. The van der Waals surface area contributed by atoms with Gasteiger partial charge in [-0.3, -0.25) is 4.79 Å². The Kier molecular flexibility index (Phi) is 4.77. The van der Waals surface area contributed by atoms with Crippen molar-refractivity contribution >= 4 is 21.3 Å². The number of rotatable bonds is 5. The first-order chi connectivity index (χ1) is 12.7. The van der Waals surface area contributed by atoms with Gasteiger partial charge >= 0.3 is 5.97 Å². The van der Waals surface area contributed by atoms with Crippen molar-refractivity contribution in [1.29, 1.82) is 5.26 Å². The van der Waals surface area contributed by atoms with E-state index in [1.807, 2.05) is 11.3 Å². The molecule has 0 saturated heterocycles. The lowest BCUT2D eigenvalue weighted by atomic mass is 10.0. The van der Waals surface area contributed by atoms with Gasteiger partial charge in [0, 0.05) is 18.1 Å². The highest BCUT2D eigenvalue weighted by Crippen LogP contribution is 2.27. The Hall–Kier alpha value is -3.11. The summed E-state index contributed by atoms with van der Waals surface area (Å²) in [5.74, 6) is -0.925. The zero-order valence-electron chi connectivity index (χ0n) is 14.9. The quantitative estimate of drug-likeness (QED) is 0.731. The standard InChI is InChI=1S/C20H18N2O4S/c1-13-17(9-14-3-5-16(6-4-14)27(2,25)26)19-10-15(12-21)7-8-22(19)18(13)11-20(23)24/h3-8,10H,9,11H2,1-2H3,(H,23,24). The minimum absolute atomic E-state index is 0.119. The van der Waals surface area contributed by atoms with E-state index in [9.17, 15) is 23.6 Å². The van der Waals surface area contributed by atoms with Crippen molar-refractivity contribution in [2.75, 3.05) is 6.26 Å². The van der Waals surface area contributed by atoms with Crippen LogP contribution in [0, 0.1) is 18.3 Å². The third kappa shape index (κ3) is 3.71. The van der Waals surface area contributed by atoms with E-state index in [2.05, 4.69) is 6.07 Å². The van der Waals surface area contributed by atoms with Crippen LogP contribution in [0.4, 0.5) is 0 Å². The molecule has 2 aromatic heterocycles. The number of aromatic nitrogens is 1. The number of hydrogen-bond donors (Lipinski definition) is 1. The normalized spacial score (nSPS) is 11.4. The van der Waals surface area contributed by atoms with E-state index in [1.54, 1.807) is 42.6 Å². The van der Waals surface area contributed by atoms with Crippen LogP contribution in [0.25, 0.3) is 5.52 Å². The Bertz CT molecular complexity index is 1180. The summed E-state index contributed by atoms with van der Waals surface area (Å²) in [6.07, 6.45) is 3.27. The molecule has 0 saturated carbocycles. The van der Waals surface area contributed by atoms with E-state index >= 15 is 0 Å². The second-order valence-electron chi connectivity index (χ2n) is 6.50. The topological polar surface area (TPSA) is 99.6 Å². The molecule has 0 fully saturated rings. The van der Waals surface area contributed by atoms with Crippen molar-refractivity contribution in [2.24, 2.45) is 0 Å². The maximum Gasteiger partial charge on any atom is 0.309 e. The average molecular weight is 382 g/mol. The first-order valence-corrected chi connectivity index (χ1v) is 10.1. The molecule has 7 heteroatoms. The fourth-order valence-corrected chi connectivity index (χ4v) is 3.86. The highest BCUT2D eigenvalue weighted by atomic mass is 32.2. The van der Waals surface area contributed by atoms with Gasteiger partial charge in [-0.25, -0.2) is 8.42 Å². The van der Waals surface area contributed by atoms with Crippen LogP contribution in [-0.2, 0) is 27.5 Å². The van der Waals surface area contributed by atoms with Gasteiger partial charge in [0.1, 0.15) is 0 Å². The summed E-state index contributed by atoms with van der Waals surface area (Å²) < 4.78 is 25.0. The lowest BCUT2D eigenvalue weighted by Crippen LogP contribution is -2.04. The summed E-state index contributed by atoms with van der Waals surface area (Å²) in [6.45, 7) is 1.87. The molecule has 6 nitrogen and oxygen atoms in total. The molecule has 138 valence electrons. The van der Waals surface area contributed by atoms with Gasteiger partial charge < -0.3 is 9.51 Å². The minimum Gasteiger partial charge on any atom is -0.481 e. The van der Waals surface area contributed by atoms with Gasteiger partial charge in [-0.15, -0.1) is 0 Å². The van der Waals surface area contributed by atoms with E-state index < -0.39 is 15.8 Å². The summed E-state index contributed by atoms with van der Waals surface area (Å²) in [4.78, 5) is 11.5. The van der Waals surface area contributed by atoms with Gasteiger partial charge in [0.05, 0.1) is 28.5 Å². The molecule has 0 spiro atoms. The Morgan fingerprint density at radius 2 is 1.89 bits per heavy atom. The van der Waals surface area contributed by atoms with Crippen LogP contribution in [0.3, 0.4) is 0 Å². The fourth-order valence-electron chi connectivity index (χ4n) is 3.23. The number of benzene rings is 1. The number of carboxylic acids is 1. The van der Waals surface area contributed by atoms with Crippen LogP contribution in [0.1, 0.15) is 27.9 Å². The number of aliphatic carboxylic acids is 1. The summed E-state index contributed by atoms with van der Waals surface area (Å²) in [5.41, 5.74) is 4.65. The highest BCUT2D eigenvalue weighted by molar-refractivity contribution is 7.90. The van der Waals surface area contributed by atoms with Crippen molar-refractivity contribution in [2.45, 2.75) is 24.7 Å². The molecule has 1 N–H and O–H groups in total. The van der Waals surface area contributed by atoms with Crippen molar-refractivity contribution in [3.05, 3.63) is 70.5 Å². The number of hydrogen-bond acceptors (Lipinski definition) is 4. The lowest BCUT2D eigenvalue weighted by molar-refractivity contribution is -0.136. The first kappa shape index (κ1) is 18.7. The predicted octanol–water partition coefficient (Wildman–Crippen LogP) is 2.74. The molecule has 0 aliphatic heterocycles. The van der Waals surface area contributed by atoms with Gasteiger partial charge in [-0.05, 0) is 54.3 Å². The smallest absolute Gasteiger partial charge is 0.309 e. The summed E-state index contributed by atoms with van der Waals surface area (Å²) >= 11 is 0. The van der Waals surface area contributed by atoms with Gasteiger partial charge in [-0.1, -0.05) is 12.1 Å². The van der Waals surface area contributed by atoms with E-state index in [0.29, 0.717) is 17.7 Å². The highest BCUT2D eigenvalue weighted by Gasteiger charge is 2.18. The minimum atomic E-state index is -3.26. The van der Waals surface area contributed by atoms with Crippen LogP contribution in [-0.4, -0.2) is 30.2 Å². The van der Waals surface area contributed by atoms with E-state index in [1.165, 1.54) is 0 Å². The molecule has 3 rings (SSSR count). The number of pyridine rings is 1. The van der Waals surface area contributed by atoms with E-state index in [4.69, 9.17) is 0 Å². The molecule has 1 aromatic carbocycles. The molecular weight excluding hydrogens is 364 g/mol. The summed E-state index contributed by atoms with van der Waals surface area (Å²) in [7, 11) is -3.26. The predicted molar refractivity (Wildman–Crippen MR) is 101 cm³/mol. The number of nitriles is 1. The van der Waals surface area contributed by atoms with Crippen molar-refractivity contribution in [1.82, 2.24) is 4.40 Å². The fraction of sp³-hybridized carbons (Fsp3) is 0.200. The molecule has 27 heavy (non-hydrogen) atoms. The molecule has 0 aliphatic rings. The maximum atomic E-state index is 11.6. The maximum absolute atomic E-state index is 11.6. The molecule has 0 unspecified atom stereocenters. The van der Waals surface area contributed by atoms with Crippen molar-refractivity contribution in [3.8, 4) is 6.07 Å². The molecule has 0 aliphatic carbocycles. The second-order valence-corrected chi connectivity index (χ2v) is 8.51. The Labute approximate surface area is 157 Å². The summed E-state index contributed by atoms with van der Waals surface area (Å²) in [6, 6.07) is 12.2. The largest absolute Gasteiger partial charge is 0.481 e. The zero-order chi connectivity index (χ0) is 19.8. The molecule has 0 atom stereocenters. The van der Waals surface area contributed by atoms with Gasteiger partial charge in [0.15, 0.2) is 9.84 Å². The third-order valence-electron chi connectivity index (χ3n) is 4.62. The van der Waals surface area contributed by atoms with Gasteiger partial charge in [0.2, 0.25) is 0 Å². The SMILES string of the molecule is Cc1c(Cc2ccc(S(C)(=O)=O)cc2)c2cc(C#N)ccn2c1CC(=O)O. The number of nitrogens with zero attached hydrogens (tertiary/aromatic N) is 2. The molecule has 2 heterocycles. The summed E-state index contributed by atoms with van der Waals surface area (Å²) in [5, 5.41) is 18.4. The Morgan fingerprint density at radius 3 is 2.44 bits per heavy atom. The monoisotopic (exact) mass is 382 g/mol. The average Bonchev–Trinajstić information content (AvgIpc) is 2.86. The number of fused-ring (bicyclic) bond motifs is 1.